The molecule has 1 atom stereocenters. The first kappa shape index (κ1) is 12.3. The molecule has 0 aliphatic heterocycles. The van der Waals surface area contributed by atoms with E-state index in [-0.39, 0.29) is 11.8 Å². The third-order valence-corrected chi connectivity index (χ3v) is 2.42. The summed E-state index contributed by atoms with van der Waals surface area (Å²) in [4.78, 5) is 25.5. The Balaban J connectivity index is 2.77. The number of aromatic nitrogens is 1. The highest BCUT2D eigenvalue weighted by Crippen LogP contribution is 2.08. The lowest BCUT2D eigenvalue weighted by Crippen LogP contribution is -2.44. The van der Waals surface area contributed by atoms with Gasteiger partial charge in [-0.3, -0.25) is 4.79 Å². The summed E-state index contributed by atoms with van der Waals surface area (Å²) in [6.45, 7) is 5.29. The topological polar surface area (TPSA) is 82.2 Å². The molecule has 5 heteroatoms. The van der Waals surface area contributed by atoms with Gasteiger partial charge in [0, 0.05) is 12.4 Å². The van der Waals surface area contributed by atoms with Crippen LogP contribution in [0.2, 0.25) is 0 Å². The van der Waals surface area contributed by atoms with Crippen LogP contribution in [-0.4, -0.2) is 28.0 Å². The van der Waals surface area contributed by atoms with Crippen molar-refractivity contribution in [2.75, 3.05) is 0 Å². The van der Waals surface area contributed by atoms with Crippen LogP contribution in [0.3, 0.4) is 0 Å². The minimum Gasteiger partial charge on any atom is -0.480 e. The average molecular weight is 224 g/mol. The lowest BCUT2D eigenvalue weighted by molar-refractivity contribution is -0.140. The first-order chi connectivity index (χ1) is 7.43. The predicted octanol–water partition coefficient (Wildman–Crippen LogP) is 1.16. The Morgan fingerprint density at radius 2 is 2.00 bits per heavy atom. The molecule has 0 unspecified atom stereocenters. The maximum Gasteiger partial charge on any atom is 0.326 e. The largest absolute Gasteiger partial charge is 0.480 e. The molecule has 1 amide bonds. The number of aliphatic carboxylic acids is 1. The molecule has 16 heavy (non-hydrogen) atoms. The van der Waals surface area contributed by atoms with Crippen LogP contribution >= 0.6 is 0 Å². The maximum absolute atomic E-state index is 11.8. The number of carbonyl (C=O) groups is 2. The maximum atomic E-state index is 11.8. The van der Waals surface area contributed by atoms with Crippen molar-refractivity contribution in [1.29, 1.82) is 0 Å². The normalized spacial score (nSPS) is 12.5. The smallest absolute Gasteiger partial charge is 0.326 e. The fraction of sp³-hybridized carbons (Fsp3) is 0.455. The molecule has 3 N–H and O–H groups in total. The first-order valence-corrected chi connectivity index (χ1v) is 5.10. The van der Waals surface area contributed by atoms with E-state index in [2.05, 4.69) is 10.3 Å². The second kappa shape index (κ2) is 4.83. The quantitative estimate of drug-likeness (QED) is 0.717. The molecule has 0 aliphatic carbocycles. The second-order valence-corrected chi connectivity index (χ2v) is 4.09. The van der Waals surface area contributed by atoms with Crippen LogP contribution in [0, 0.1) is 12.8 Å². The molecule has 0 saturated carbocycles. The molecule has 0 aliphatic rings. The number of carbonyl (C=O) groups excluding carboxylic acids is 1. The number of carboxylic acids is 1. The molecule has 5 nitrogen and oxygen atoms in total. The third-order valence-electron chi connectivity index (χ3n) is 2.42. The van der Waals surface area contributed by atoms with Crippen LogP contribution in [0.4, 0.5) is 0 Å². The molecule has 0 bridgehead atoms. The summed E-state index contributed by atoms with van der Waals surface area (Å²) in [7, 11) is 0. The van der Waals surface area contributed by atoms with E-state index in [0.717, 1.165) is 5.56 Å². The van der Waals surface area contributed by atoms with Crippen molar-refractivity contribution in [3.63, 3.8) is 0 Å². The zero-order chi connectivity index (χ0) is 12.3. The number of nitrogens with one attached hydrogen (secondary N) is 2. The highest BCUT2D eigenvalue weighted by Gasteiger charge is 2.24. The van der Waals surface area contributed by atoms with Crippen molar-refractivity contribution in [3.8, 4) is 0 Å². The molecular formula is C11H16N2O3. The van der Waals surface area contributed by atoms with Gasteiger partial charge in [-0.05, 0) is 18.4 Å². The van der Waals surface area contributed by atoms with Gasteiger partial charge in [-0.1, -0.05) is 13.8 Å². The summed E-state index contributed by atoms with van der Waals surface area (Å²) in [6, 6.07) is -0.859. The second-order valence-electron chi connectivity index (χ2n) is 4.09. The lowest BCUT2D eigenvalue weighted by atomic mass is 10.0. The zero-order valence-electron chi connectivity index (χ0n) is 9.57. The van der Waals surface area contributed by atoms with Gasteiger partial charge >= 0.3 is 5.97 Å². The Labute approximate surface area is 93.9 Å². The Morgan fingerprint density at radius 1 is 1.38 bits per heavy atom. The van der Waals surface area contributed by atoms with Crippen LogP contribution in [0.1, 0.15) is 29.8 Å². The summed E-state index contributed by atoms with van der Waals surface area (Å²) in [5.74, 6) is -1.53. The van der Waals surface area contributed by atoms with Crippen LogP contribution < -0.4 is 5.32 Å². The molecule has 0 spiro atoms. The fourth-order valence-electron chi connectivity index (χ4n) is 1.42. The molecule has 1 rings (SSSR count). The van der Waals surface area contributed by atoms with E-state index >= 15 is 0 Å². The Kier molecular flexibility index (Phi) is 3.71. The summed E-state index contributed by atoms with van der Waals surface area (Å²) in [5.41, 5.74) is 1.28. The van der Waals surface area contributed by atoms with Crippen molar-refractivity contribution in [1.82, 2.24) is 10.3 Å². The number of rotatable bonds is 4. The number of H-pyrrole nitrogens is 1. The number of aromatic amines is 1. The number of amides is 1. The monoisotopic (exact) mass is 224 g/mol. The molecule has 1 aromatic rings. The van der Waals surface area contributed by atoms with Gasteiger partial charge in [0.1, 0.15) is 6.04 Å². The molecule has 0 fully saturated rings. The number of hydrogen-bond acceptors (Lipinski definition) is 2. The lowest BCUT2D eigenvalue weighted by Gasteiger charge is -2.17. The van der Waals surface area contributed by atoms with Gasteiger partial charge in [0.05, 0.1) is 5.56 Å². The molecule has 0 aromatic carbocycles. The molecule has 1 heterocycles. The van der Waals surface area contributed by atoms with E-state index in [1.807, 2.05) is 0 Å². The van der Waals surface area contributed by atoms with Gasteiger partial charge in [0.2, 0.25) is 0 Å². The molecular weight excluding hydrogens is 208 g/mol. The standard InChI is InChI=1S/C11H16N2O3/c1-6(2)9(11(15)16)13-10(14)8-5-12-4-7(8)3/h4-6,9,12H,1-3H3,(H,13,14)(H,15,16)/t9-/m0/s1. The predicted molar refractivity (Wildman–Crippen MR) is 59.3 cm³/mol. The van der Waals surface area contributed by atoms with Crippen molar-refractivity contribution < 1.29 is 14.7 Å². The van der Waals surface area contributed by atoms with E-state index in [9.17, 15) is 9.59 Å². The fourth-order valence-corrected chi connectivity index (χ4v) is 1.42. The summed E-state index contributed by atoms with van der Waals surface area (Å²) in [6.07, 6.45) is 3.25. The first-order valence-electron chi connectivity index (χ1n) is 5.10. The average Bonchev–Trinajstić information content (AvgIpc) is 2.59. The van der Waals surface area contributed by atoms with Crippen LogP contribution in [0.5, 0.6) is 0 Å². The van der Waals surface area contributed by atoms with Crippen LogP contribution in [-0.2, 0) is 4.79 Å². The highest BCUT2D eigenvalue weighted by molar-refractivity contribution is 5.97. The van der Waals surface area contributed by atoms with Crippen LogP contribution in [0.15, 0.2) is 12.4 Å². The minimum atomic E-state index is -1.02. The van der Waals surface area contributed by atoms with Crippen molar-refractivity contribution in [2.45, 2.75) is 26.8 Å². The van der Waals surface area contributed by atoms with E-state index in [4.69, 9.17) is 5.11 Å². The molecule has 88 valence electrons. The van der Waals surface area contributed by atoms with Crippen molar-refractivity contribution in [3.05, 3.63) is 23.5 Å². The van der Waals surface area contributed by atoms with E-state index < -0.39 is 12.0 Å². The van der Waals surface area contributed by atoms with Gasteiger partial charge in [-0.25, -0.2) is 4.79 Å². The number of hydrogen-bond donors (Lipinski definition) is 3. The molecule has 1 aromatic heterocycles. The van der Waals surface area contributed by atoms with Gasteiger partial charge in [0.25, 0.3) is 5.91 Å². The van der Waals surface area contributed by atoms with Crippen molar-refractivity contribution >= 4 is 11.9 Å². The third kappa shape index (κ3) is 2.62. The minimum absolute atomic E-state index is 0.152. The number of aryl methyl sites for hydroxylation is 1. The Morgan fingerprint density at radius 3 is 2.38 bits per heavy atom. The Bertz CT molecular complexity index is 396. The van der Waals surface area contributed by atoms with Crippen molar-refractivity contribution in [2.24, 2.45) is 5.92 Å². The van der Waals surface area contributed by atoms with Crippen LogP contribution in [0.25, 0.3) is 0 Å². The Hall–Kier alpha value is -1.78. The van der Waals surface area contributed by atoms with Gasteiger partial charge in [-0.2, -0.15) is 0 Å². The summed E-state index contributed by atoms with van der Waals surface area (Å²) >= 11 is 0. The van der Waals surface area contributed by atoms with Gasteiger partial charge < -0.3 is 15.4 Å². The summed E-state index contributed by atoms with van der Waals surface area (Å²) < 4.78 is 0. The summed E-state index contributed by atoms with van der Waals surface area (Å²) in [5, 5.41) is 11.4. The van der Waals surface area contributed by atoms with Gasteiger partial charge in [-0.15, -0.1) is 0 Å². The number of carboxylic acid groups (broad SMARTS) is 1. The zero-order valence-corrected chi connectivity index (χ0v) is 9.57. The van der Waals surface area contributed by atoms with E-state index in [0.29, 0.717) is 5.56 Å². The van der Waals surface area contributed by atoms with E-state index in [1.54, 1.807) is 33.2 Å². The SMILES string of the molecule is Cc1c[nH]cc1C(=O)N[C@H](C(=O)O)C(C)C. The van der Waals surface area contributed by atoms with E-state index in [1.165, 1.54) is 0 Å². The molecule has 0 saturated heterocycles. The van der Waals surface area contributed by atoms with Gasteiger partial charge in [0.15, 0.2) is 0 Å². The molecule has 0 radical (unpaired) electrons. The highest BCUT2D eigenvalue weighted by atomic mass is 16.4.